The highest BCUT2D eigenvalue weighted by atomic mass is 16.5. The highest BCUT2D eigenvalue weighted by Crippen LogP contribution is 2.34. The van der Waals surface area contributed by atoms with Crippen LogP contribution in [0, 0.1) is 0 Å². The van der Waals surface area contributed by atoms with Gasteiger partial charge in [-0.15, -0.1) is 0 Å². The molecule has 0 saturated heterocycles. The summed E-state index contributed by atoms with van der Waals surface area (Å²) in [5.41, 5.74) is 2.38. The van der Waals surface area contributed by atoms with Gasteiger partial charge in [0.25, 0.3) is 5.91 Å². The molecule has 1 aliphatic rings. The van der Waals surface area contributed by atoms with Crippen LogP contribution in [0.3, 0.4) is 0 Å². The Morgan fingerprint density at radius 3 is 2.42 bits per heavy atom. The molecule has 1 heterocycles. The molecular formula is C27H30N2O4. The van der Waals surface area contributed by atoms with Gasteiger partial charge in [0.15, 0.2) is 5.76 Å². The Morgan fingerprint density at radius 1 is 1.06 bits per heavy atom. The minimum atomic E-state index is -0.859. The molecule has 1 N–H and O–H groups in total. The van der Waals surface area contributed by atoms with Crippen LogP contribution in [-0.4, -0.2) is 25.0 Å². The van der Waals surface area contributed by atoms with E-state index < -0.39 is 6.04 Å². The molecule has 1 aromatic heterocycles. The number of rotatable bonds is 8. The molecule has 33 heavy (non-hydrogen) atoms. The summed E-state index contributed by atoms with van der Waals surface area (Å²) in [6.45, 7) is 2.04. The summed E-state index contributed by atoms with van der Waals surface area (Å²) in [6.07, 6.45) is 6.31. The van der Waals surface area contributed by atoms with Crippen LogP contribution in [0.5, 0.6) is 5.75 Å². The maximum atomic E-state index is 13.8. The maximum Gasteiger partial charge on any atom is 0.294 e. The summed E-state index contributed by atoms with van der Waals surface area (Å²) < 4.78 is 10.8. The van der Waals surface area contributed by atoms with Gasteiger partial charge in [-0.2, -0.15) is 0 Å². The lowest BCUT2D eigenvalue weighted by molar-refractivity contribution is -0.123. The fourth-order valence-electron chi connectivity index (χ4n) is 4.48. The van der Waals surface area contributed by atoms with Crippen LogP contribution < -0.4 is 15.0 Å². The summed E-state index contributed by atoms with van der Waals surface area (Å²) in [7, 11) is 1.60. The number of nitrogens with one attached hydrogen (secondary N) is 1. The van der Waals surface area contributed by atoms with E-state index in [9.17, 15) is 9.59 Å². The van der Waals surface area contributed by atoms with Gasteiger partial charge in [0.1, 0.15) is 11.8 Å². The van der Waals surface area contributed by atoms with Gasteiger partial charge in [0, 0.05) is 11.7 Å². The standard InChI is InChI=1S/C27H30N2O4/c1-3-19-9-4-7-12-23(19)29(27(31)24-13-8-18-33-24)25(20-14-16-22(32-2)17-15-20)26(30)28-21-10-5-6-11-21/h4,7-9,12-18,21,25H,3,5-6,10-11H2,1-2H3,(H,28,30)/t25-/m0/s1. The number of para-hydroxylation sites is 1. The van der Waals surface area contributed by atoms with E-state index in [0.29, 0.717) is 17.0 Å². The van der Waals surface area contributed by atoms with Crippen molar-refractivity contribution in [1.29, 1.82) is 0 Å². The summed E-state index contributed by atoms with van der Waals surface area (Å²) >= 11 is 0. The molecule has 3 aromatic rings. The quantitative estimate of drug-likeness (QED) is 0.510. The minimum Gasteiger partial charge on any atom is -0.497 e. The molecule has 2 aromatic carbocycles. The maximum absolute atomic E-state index is 13.8. The minimum absolute atomic E-state index is 0.125. The molecule has 1 aliphatic carbocycles. The van der Waals surface area contributed by atoms with Crippen LogP contribution in [0.1, 0.15) is 60.3 Å². The lowest BCUT2D eigenvalue weighted by atomic mass is 10.00. The van der Waals surface area contributed by atoms with Crippen LogP contribution in [0.2, 0.25) is 0 Å². The number of ether oxygens (including phenoxy) is 1. The largest absolute Gasteiger partial charge is 0.497 e. The Kier molecular flexibility index (Phi) is 7.13. The number of methoxy groups -OCH3 is 1. The molecule has 2 amide bonds. The second kappa shape index (κ2) is 10.4. The Balaban J connectivity index is 1.83. The number of carbonyl (C=O) groups excluding carboxylic acids is 2. The van der Waals surface area contributed by atoms with Crippen molar-refractivity contribution in [2.45, 2.75) is 51.1 Å². The van der Waals surface area contributed by atoms with Crippen molar-refractivity contribution in [2.24, 2.45) is 0 Å². The highest BCUT2D eigenvalue weighted by Gasteiger charge is 2.36. The average molecular weight is 447 g/mol. The first-order chi connectivity index (χ1) is 16.1. The van der Waals surface area contributed by atoms with Crippen molar-refractivity contribution in [2.75, 3.05) is 12.0 Å². The molecular weight excluding hydrogens is 416 g/mol. The first-order valence-electron chi connectivity index (χ1n) is 11.5. The van der Waals surface area contributed by atoms with Crippen molar-refractivity contribution in [3.8, 4) is 5.75 Å². The van der Waals surface area contributed by atoms with Crippen LogP contribution in [0.4, 0.5) is 5.69 Å². The molecule has 0 aliphatic heterocycles. The van der Waals surface area contributed by atoms with Crippen LogP contribution in [0.15, 0.2) is 71.3 Å². The first-order valence-corrected chi connectivity index (χ1v) is 11.5. The van der Waals surface area contributed by atoms with Crippen LogP contribution in [-0.2, 0) is 11.2 Å². The van der Waals surface area contributed by atoms with Gasteiger partial charge in [-0.1, -0.05) is 50.1 Å². The second-order valence-electron chi connectivity index (χ2n) is 8.30. The second-order valence-corrected chi connectivity index (χ2v) is 8.30. The zero-order valence-corrected chi connectivity index (χ0v) is 19.1. The van der Waals surface area contributed by atoms with Crippen molar-refractivity contribution >= 4 is 17.5 Å². The number of hydrogen-bond donors (Lipinski definition) is 1. The van der Waals surface area contributed by atoms with E-state index in [1.54, 1.807) is 24.1 Å². The highest BCUT2D eigenvalue weighted by molar-refractivity contribution is 6.09. The zero-order chi connectivity index (χ0) is 23.2. The Labute approximate surface area is 194 Å². The van der Waals surface area contributed by atoms with Gasteiger partial charge in [0.2, 0.25) is 5.91 Å². The molecule has 172 valence electrons. The van der Waals surface area contributed by atoms with Crippen LogP contribution >= 0.6 is 0 Å². The molecule has 0 spiro atoms. The monoisotopic (exact) mass is 446 g/mol. The third-order valence-electron chi connectivity index (χ3n) is 6.22. The molecule has 1 fully saturated rings. The number of anilines is 1. The fraction of sp³-hybridized carbons (Fsp3) is 0.333. The number of hydrogen-bond acceptors (Lipinski definition) is 4. The van der Waals surface area contributed by atoms with E-state index in [4.69, 9.17) is 9.15 Å². The van der Waals surface area contributed by atoms with Crippen molar-refractivity contribution in [3.05, 3.63) is 83.8 Å². The summed E-state index contributed by atoms with van der Waals surface area (Å²) in [4.78, 5) is 29.1. The summed E-state index contributed by atoms with van der Waals surface area (Å²) in [6, 6.07) is 17.6. The Bertz CT molecular complexity index is 1070. The smallest absolute Gasteiger partial charge is 0.294 e. The van der Waals surface area contributed by atoms with Gasteiger partial charge < -0.3 is 14.5 Å². The predicted octanol–water partition coefficient (Wildman–Crippen LogP) is 5.30. The van der Waals surface area contributed by atoms with Crippen molar-refractivity contribution in [3.63, 3.8) is 0 Å². The van der Waals surface area contributed by atoms with Gasteiger partial charge >= 0.3 is 0 Å². The first kappa shape index (κ1) is 22.6. The van der Waals surface area contributed by atoms with Gasteiger partial charge in [-0.3, -0.25) is 14.5 Å². The van der Waals surface area contributed by atoms with E-state index >= 15 is 0 Å². The summed E-state index contributed by atoms with van der Waals surface area (Å²) in [5.74, 6) is 0.320. The lowest BCUT2D eigenvalue weighted by Gasteiger charge is -2.33. The van der Waals surface area contributed by atoms with E-state index in [0.717, 1.165) is 37.7 Å². The van der Waals surface area contributed by atoms with Crippen LogP contribution in [0.25, 0.3) is 0 Å². The molecule has 6 heteroatoms. The molecule has 6 nitrogen and oxygen atoms in total. The average Bonchev–Trinajstić information content (AvgIpc) is 3.57. The normalized spacial score (nSPS) is 14.6. The SMILES string of the molecule is CCc1ccccc1N(C(=O)c1ccco1)[C@H](C(=O)NC1CCCC1)c1ccc(OC)cc1. The molecule has 0 unspecified atom stereocenters. The van der Waals surface area contributed by atoms with Gasteiger partial charge in [-0.25, -0.2) is 0 Å². The van der Waals surface area contributed by atoms with Crippen molar-refractivity contribution < 1.29 is 18.7 Å². The molecule has 0 bridgehead atoms. The number of nitrogens with zero attached hydrogens (tertiary/aromatic N) is 1. The number of amides is 2. The number of benzene rings is 2. The topological polar surface area (TPSA) is 71.8 Å². The number of furan rings is 1. The molecule has 4 rings (SSSR count). The third-order valence-corrected chi connectivity index (χ3v) is 6.22. The molecule has 1 saturated carbocycles. The Morgan fingerprint density at radius 2 is 1.79 bits per heavy atom. The van der Waals surface area contributed by atoms with E-state index in [-0.39, 0.29) is 23.6 Å². The van der Waals surface area contributed by atoms with E-state index in [1.807, 2.05) is 55.5 Å². The number of carbonyl (C=O) groups is 2. The zero-order valence-electron chi connectivity index (χ0n) is 19.1. The van der Waals surface area contributed by atoms with Gasteiger partial charge in [0.05, 0.1) is 13.4 Å². The fourth-order valence-corrected chi connectivity index (χ4v) is 4.48. The number of aryl methyl sites for hydroxylation is 1. The Hall–Kier alpha value is -3.54. The van der Waals surface area contributed by atoms with E-state index in [2.05, 4.69) is 5.32 Å². The van der Waals surface area contributed by atoms with Gasteiger partial charge in [-0.05, 0) is 60.7 Å². The predicted molar refractivity (Wildman–Crippen MR) is 127 cm³/mol. The third kappa shape index (κ3) is 4.95. The molecule has 0 radical (unpaired) electrons. The summed E-state index contributed by atoms with van der Waals surface area (Å²) in [5, 5.41) is 3.20. The molecule has 1 atom stereocenters. The van der Waals surface area contributed by atoms with Crippen molar-refractivity contribution in [1.82, 2.24) is 5.32 Å². The lowest BCUT2D eigenvalue weighted by Crippen LogP contribution is -2.46. The van der Waals surface area contributed by atoms with E-state index in [1.165, 1.54) is 6.26 Å².